The van der Waals surface area contributed by atoms with Crippen molar-refractivity contribution in [2.75, 3.05) is 0 Å². The van der Waals surface area contributed by atoms with Crippen molar-refractivity contribution in [3.05, 3.63) is 12.2 Å². The Morgan fingerprint density at radius 3 is 2.24 bits per heavy atom. The van der Waals surface area contributed by atoms with Gasteiger partial charge in [-0.15, -0.1) is 0 Å². The zero-order valence-corrected chi connectivity index (χ0v) is 17.4. The molecule has 0 saturated heterocycles. The average Bonchev–Trinajstić information content (AvgIpc) is 2.94. The summed E-state index contributed by atoms with van der Waals surface area (Å²) < 4.78 is 0. The third kappa shape index (κ3) is 3.03. The van der Waals surface area contributed by atoms with E-state index in [0.717, 1.165) is 42.4 Å². The van der Waals surface area contributed by atoms with Crippen LogP contribution < -0.4 is 0 Å². The van der Waals surface area contributed by atoms with Crippen LogP contribution in [0.2, 0.25) is 0 Å². The smallest absolute Gasteiger partial charge is 0.0543 e. The number of rotatable bonds is 1. The van der Waals surface area contributed by atoms with E-state index in [9.17, 15) is 5.11 Å². The minimum Gasteiger partial charge on any atom is -0.393 e. The molecule has 4 saturated carbocycles. The van der Waals surface area contributed by atoms with Crippen LogP contribution in [0.15, 0.2) is 12.2 Å². The summed E-state index contributed by atoms with van der Waals surface area (Å²) >= 11 is 0. The average molecular weight is 347 g/mol. The lowest BCUT2D eigenvalue weighted by atomic mass is 9.44. The molecule has 0 aromatic heterocycles. The number of aliphatic hydroxyl groups is 1. The van der Waals surface area contributed by atoms with Crippen molar-refractivity contribution in [3.63, 3.8) is 0 Å². The van der Waals surface area contributed by atoms with Crippen molar-refractivity contribution in [3.8, 4) is 0 Å². The Morgan fingerprint density at radius 2 is 1.52 bits per heavy atom. The van der Waals surface area contributed by atoms with Gasteiger partial charge in [0.1, 0.15) is 0 Å². The van der Waals surface area contributed by atoms with Crippen LogP contribution >= 0.6 is 0 Å². The van der Waals surface area contributed by atoms with E-state index in [4.69, 9.17) is 0 Å². The molecule has 0 aliphatic heterocycles. The van der Waals surface area contributed by atoms with Gasteiger partial charge in [-0.1, -0.05) is 39.8 Å². The van der Waals surface area contributed by atoms with Gasteiger partial charge in [0.25, 0.3) is 0 Å². The Morgan fingerprint density at radius 1 is 0.840 bits per heavy atom. The van der Waals surface area contributed by atoms with Gasteiger partial charge in [-0.3, -0.25) is 0 Å². The lowest BCUT2D eigenvalue weighted by molar-refractivity contribution is -0.124. The molecule has 1 heteroatoms. The predicted octanol–water partition coefficient (Wildman–Crippen LogP) is 6.61. The van der Waals surface area contributed by atoms with E-state index >= 15 is 0 Å². The summed E-state index contributed by atoms with van der Waals surface area (Å²) in [4.78, 5) is 0. The molecule has 4 aliphatic carbocycles. The fourth-order valence-electron chi connectivity index (χ4n) is 7.82. The van der Waals surface area contributed by atoms with Gasteiger partial charge in [-0.05, 0) is 105 Å². The van der Waals surface area contributed by atoms with Crippen molar-refractivity contribution in [1.82, 2.24) is 0 Å². The molecule has 0 amide bonds. The first-order valence-corrected chi connectivity index (χ1v) is 11.3. The Balaban J connectivity index is 0.000000880. The van der Waals surface area contributed by atoms with Crippen LogP contribution in [0.3, 0.4) is 0 Å². The minimum atomic E-state index is -0.0102. The molecule has 0 heterocycles. The first-order valence-electron chi connectivity index (χ1n) is 11.3. The van der Waals surface area contributed by atoms with Crippen LogP contribution in [0.4, 0.5) is 0 Å². The van der Waals surface area contributed by atoms with Crippen molar-refractivity contribution in [2.45, 2.75) is 98.5 Å². The third-order valence-electron chi connectivity index (χ3n) is 9.14. The molecule has 4 fully saturated rings. The quantitative estimate of drug-likeness (QED) is 0.530. The number of aliphatic hydroxyl groups excluding tert-OH is 1. The first-order chi connectivity index (χ1) is 12.0. The zero-order chi connectivity index (χ0) is 18.2. The Bertz CT molecular complexity index is 482. The molecule has 8 unspecified atom stereocenters. The van der Waals surface area contributed by atoms with Gasteiger partial charge in [0.2, 0.25) is 0 Å². The molecule has 4 rings (SSSR count). The molecule has 25 heavy (non-hydrogen) atoms. The number of fused-ring (bicyclic) bond motifs is 5. The second kappa shape index (κ2) is 7.37. The molecule has 0 aromatic carbocycles. The normalized spacial score (nSPS) is 51.9. The van der Waals surface area contributed by atoms with Gasteiger partial charge < -0.3 is 5.11 Å². The van der Waals surface area contributed by atoms with Crippen molar-refractivity contribution in [1.29, 1.82) is 0 Å². The highest BCUT2D eigenvalue weighted by molar-refractivity contribution is 5.12. The highest BCUT2D eigenvalue weighted by Gasteiger charge is 2.59. The maximum absolute atomic E-state index is 10.1. The van der Waals surface area contributed by atoms with Crippen LogP contribution in [0, 0.1) is 40.4 Å². The maximum Gasteiger partial charge on any atom is 0.0543 e. The van der Waals surface area contributed by atoms with Gasteiger partial charge in [0.15, 0.2) is 0 Å². The van der Waals surface area contributed by atoms with Gasteiger partial charge >= 0.3 is 0 Å². The van der Waals surface area contributed by atoms with Crippen LogP contribution in [0.5, 0.6) is 0 Å². The molecule has 1 N–H and O–H groups in total. The van der Waals surface area contributed by atoms with Crippen LogP contribution in [-0.4, -0.2) is 11.2 Å². The Labute approximate surface area is 156 Å². The van der Waals surface area contributed by atoms with E-state index in [-0.39, 0.29) is 6.10 Å². The standard InChI is InChI=1S/C22H36O.C2H6/c1-4-5-15-7-9-19-18-8-6-16-14-17(23)10-12-22(16,3)20(18)11-13-21(15,19)2;1-2/h4-5,15-20,23H,6-14H2,1-3H3;1-2H3/b5-4+;. The lowest BCUT2D eigenvalue weighted by Gasteiger charge is -2.60. The van der Waals surface area contributed by atoms with E-state index in [1.165, 1.54) is 44.9 Å². The molecule has 0 spiro atoms. The Kier molecular flexibility index (Phi) is 5.74. The van der Waals surface area contributed by atoms with E-state index in [1.807, 2.05) is 13.8 Å². The molecular weight excluding hydrogens is 304 g/mol. The molecule has 8 atom stereocenters. The molecule has 0 aromatic rings. The van der Waals surface area contributed by atoms with Gasteiger partial charge in [-0.25, -0.2) is 0 Å². The van der Waals surface area contributed by atoms with E-state index < -0.39 is 0 Å². The number of hydrogen-bond donors (Lipinski definition) is 1. The topological polar surface area (TPSA) is 20.2 Å². The molecule has 144 valence electrons. The molecular formula is C24H42O. The Hall–Kier alpha value is -0.300. The zero-order valence-electron chi connectivity index (χ0n) is 17.4. The summed E-state index contributed by atoms with van der Waals surface area (Å²) in [5.74, 6) is 4.51. The fourth-order valence-corrected chi connectivity index (χ4v) is 7.82. The molecule has 0 bridgehead atoms. The SMILES string of the molecule is C/C=C/C1CCC2C3CCC4CC(O)CCC4(C)C3CCC12C.CC. The molecule has 1 nitrogen and oxygen atoms in total. The van der Waals surface area contributed by atoms with Crippen molar-refractivity contribution in [2.24, 2.45) is 40.4 Å². The number of hydrogen-bond acceptors (Lipinski definition) is 1. The summed E-state index contributed by atoms with van der Waals surface area (Å²) in [6, 6.07) is 0. The van der Waals surface area contributed by atoms with E-state index in [2.05, 4.69) is 32.9 Å². The van der Waals surface area contributed by atoms with E-state index in [0.29, 0.717) is 10.8 Å². The van der Waals surface area contributed by atoms with Crippen LogP contribution in [0.25, 0.3) is 0 Å². The summed E-state index contributed by atoms with van der Waals surface area (Å²) in [5, 5.41) is 10.1. The minimum absolute atomic E-state index is 0.0102. The molecule has 4 aliphatic rings. The highest BCUT2D eigenvalue weighted by atomic mass is 16.3. The van der Waals surface area contributed by atoms with E-state index in [1.54, 1.807) is 0 Å². The van der Waals surface area contributed by atoms with Gasteiger partial charge in [0, 0.05) is 0 Å². The first kappa shape index (κ1) is 19.5. The molecule has 0 radical (unpaired) electrons. The number of allylic oxidation sites excluding steroid dienone is 2. The second-order valence-electron chi connectivity index (χ2n) is 9.84. The summed E-state index contributed by atoms with van der Waals surface area (Å²) in [6.45, 7) is 11.4. The predicted molar refractivity (Wildman–Crippen MR) is 107 cm³/mol. The second-order valence-corrected chi connectivity index (χ2v) is 9.84. The van der Waals surface area contributed by atoms with Gasteiger partial charge in [0.05, 0.1) is 6.10 Å². The van der Waals surface area contributed by atoms with Gasteiger partial charge in [-0.2, -0.15) is 0 Å². The summed E-state index contributed by atoms with van der Waals surface area (Å²) in [7, 11) is 0. The van der Waals surface area contributed by atoms with Crippen LogP contribution in [0.1, 0.15) is 92.4 Å². The largest absolute Gasteiger partial charge is 0.393 e. The summed E-state index contributed by atoms with van der Waals surface area (Å²) in [5.41, 5.74) is 1.10. The van der Waals surface area contributed by atoms with Crippen molar-refractivity contribution < 1.29 is 5.11 Å². The third-order valence-corrected chi connectivity index (χ3v) is 9.14. The highest BCUT2D eigenvalue weighted by Crippen LogP contribution is 2.67. The maximum atomic E-state index is 10.1. The summed E-state index contributed by atoms with van der Waals surface area (Å²) in [6.07, 6.45) is 16.8. The van der Waals surface area contributed by atoms with Crippen LogP contribution in [-0.2, 0) is 0 Å². The fraction of sp³-hybridized carbons (Fsp3) is 0.917. The van der Waals surface area contributed by atoms with Crippen molar-refractivity contribution >= 4 is 0 Å². The monoisotopic (exact) mass is 346 g/mol. The lowest BCUT2D eigenvalue weighted by Crippen LogP contribution is -2.53.